The zero-order valence-corrected chi connectivity index (χ0v) is 15.9. The maximum Gasteiger partial charge on any atom is 0.0974 e. The van der Waals surface area contributed by atoms with Crippen molar-refractivity contribution in [3.8, 4) is 0 Å². The summed E-state index contributed by atoms with van der Waals surface area (Å²) in [6, 6.07) is 10.6. The van der Waals surface area contributed by atoms with Crippen LogP contribution in [-0.2, 0) is 16.1 Å². The molecule has 1 saturated carbocycles. The highest BCUT2D eigenvalue weighted by molar-refractivity contribution is 5.34. The largest absolute Gasteiger partial charge is 0.498 e. The molecule has 1 saturated heterocycles. The summed E-state index contributed by atoms with van der Waals surface area (Å²) in [5, 5.41) is 4.00. The van der Waals surface area contributed by atoms with Gasteiger partial charge in [-0.1, -0.05) is 37.3 Å². The van der Waals surface area contributed by atoms with Gasteiger partial charge in [-0.3, -0.25) is 0 Å². The van der Waals surface area contributed by atoms with E-state index >= 15 is 0 Å². The van der Waals surface area contributed by atoms with Gasteiger partial charge in [-0.05, 0) is 67.5 Å². The van der Waals surface area contributed by atoms with Crippen LogP contribution in [0.15, 0.2) is 41.7 Å². The van der Waals surface area contributed by atoms with Crippen molar-refractivity contribution in [1.29, 1.82) is 0 Å². The van der Waals surface area contributed by atoms with Gasteiger partial charge >= 0.3 is 0 Å². The Labute approximate surface area is 157 Å². The Morgan fingerprint density at radius 2 is 2.12 bits per heavy atom. The van der Waals surface area contributed by atoms with Gasteiger partial charge < -0.3 is 14.8 Å². The number of allylic oxidation sites excluding steroid dienone is 1. The lowest BCUT2D eigenvalue weighted by molar-refractivity contribution is -0.120. The fourth-order valence-corrected chi connectivity index (χ4v) is 6.39. The third-order valence-electron chi connectivity index (χ3n) is 7.34. The second-order valence-corrected chi connectivity index (χ2v) is 8.81. The molecular formula is C23H31NO2. The molecule has 3 nitrogen and oxygen atoms in total. The van der Waals surface area contributed by atoms with E-state index < -0.39 is 0 Å². The predicted molar refractivity (Wildman–Crippen MR) is 103 cm³/mol. The Hall–Kier alpha value is -1.32. The average Bonchev–Trinajstić information content (AvgIpc) is 2.68. The third-order valence-corrected chi connectivity index (χ3v) is 7.34. The topological polar surface area (TPSA) is 30.5 Å². The molecule has 2 fully saturated rings. The molecule has 2 bridgehead atoms. The van der Waals surface area contributed by atoms with Crippen LogP contribution in [0.4, 0.5) is 0 Å². The van der Waals surface area contributed by atoms with Crippen molar-refractivity contribution in [2.75, 3.05) is 13.2 Å². The first-order chi connectivity index (χ1) is 12.8. The lowest BCUT2D eigenvalue weighted by atomic mass is 9.52. The van der Waals surface area contributed by atoms with E-state index in [1.807, 2.05) is 0 Å². The van der Waals surface area contributed by atoms with Crippen LogP contribution in [0.2, 0.25) is 0 Å². The molecular weight excluding hydrogens is 322 g/mol. The van der Waals surface area contributed by atoms with Crippen molar-refractivity contribution in [1.82, 2.24) is 5.32 Å². The van der Waals surface area contributed by atoms with Gasteiger partial charge in [-0.25, -0.2) is 0 Å². The molecule has 4 aliphatic rings. The van der Waals surface area contributed by atoms with E-state index in [9.17, 15) is 0 Å². The first-order valence-corrected chi connectivity index (χ1v) is 10.5. The SMILES string of the molecule is C[C@H]1C[C@]23NCCC[C@@H]2[C@H](CC2=C3CCCO2)[C@@H]1OCc1ccccc1. The van der Waals surface area contributed by atoms with Gasteiger partial charge in [-0.15, -0.1) is 0 Å². The number of ether oxygens (including phenoxy) is 2. The van der Waals surface area contributed by atoms with Crippen LogP contribution >= 0.6 is 0 Å². The van der Waals surface area contributed by atoms with E-state index in [0.29, 0.717) is 23.9 Å². The number of rotatable bonds is 3. The fourth-order valence-electron chi connectivity index (χ4n) is 6.39. The van der Waals surface area contributed by atoms with Gasteiger partial charge in [0.2, 0.25) is 0 Å². The summed E-state index contributed by atoms with van der Waals surface area (Å²) < 4.78 is 12.8. The number of piperidine rings is 1. The molecule has 5 rings (SSSR count). The highest BCUT2D eigenvalue weighted by atomic mass is 16.5. The molecule has 1 N–H and O–H groups in total. The first kappa shape index (κ1) is 16.8. The van der Waals surface area contributed by atoms with E-state index in [1.54, 1.807) is 5.57 Å². The molecule has 0 unspecified atom stereocenters. The van der Waals surface area contributed by atoms with Gasteiger partial charge in [-0.2, -0.15) is 0 Å². The number of nitrogens with one attached hydrogen (secondary N) is 1. The second-order valence-electron chi connectivity index (χ2n) is 8.81. The lowest BCUT2D eigenvalue weighted by Crippen LogP contribution is -2.66. The molecule has 2 aliphatic carbocycles. The Kier molecular flexibility index (Phi) is 4.33. The smallest absolute Gasteiger partial charge is 0.0974 e. The third kappa shape index (κ3) is 2.63. The van der Waals surface area contributed by atoms with Gasteiger partial charge in [0.05, 0.1) is 25.1 Å². The van der Waals surface area contributed by atoms with Crippen LogP contribution in [0.3, 0.4) is 0 Å². The molecule has 2 heterocycles. The average molecular weight is 354 g/mol. The predicted octanol–water partition coefficient (Wildman–Crippen LogP) is 4.43. The number of hydrogen-bond donors (Lipinski definition) is 1. The Balaban J connectivity index is 1.44. The van der Waals surface area contributed by atoms with E-state index in [1.165, 1.54) is 43.4 Å². The highest BCUT2D eigenvalue weighted by Gasteiger charge is 2.58. The molecule has 0 spiro atoms. The van der Waals surface area contributed by atoms with Crippen LogP contribution in [-0.4, -0.2) is 24.8 Å². The van der Waals surface area contributed by atoms with E-state index in [4.69, 9.17) is 9.47 Å². The molecule has 26 heavy (non-hydrogen) atoms. The van der Waals surface area contributed by atoms with Crippen molar-refractivity contribution in [3.63, 3.8) is 0 Å². The molecule has 0 aromatic heterocycles. The fraction of sp³-hybridized carbons (Fsp3) is 0.652. The van der Waals surface area contributed by atoms with E-state index in [2.05, 4.69) is 42.6 Å². The minimum absolute atomic E-state index is 0.197. The van der Waals surface area contributed by atoms with Crippen LogP contribution in [0.5, 0.6) is 0 Å². The monoisotopic (exact) mass is 353 g/mol. The standard InChI is InChI=1S/C23H31NO2/c1-16-14-23-19(9-5-11-24-23)18(13-21-20(23)10-6-12-25-21)22(16)26-15-17-7-3-2-4-8-17/h2-4,7-8,16,18-19,22,24H,5-6,9-15H2,1H3/t16-,18-,19+,22+,23-/m0/s1. The highest BCUT2D eigenvalue weighted by Crippen LogP contribution is 2.57. The molecule has 1 aromatic carbocycles. The van der Waals surface area contributed by atoms with Crippen molar-refractivity contribution in [2.45, 2.75) is 63.7 Å². The van der Waals surface area contributed by atoms with Crippen LogP contribution < -0.4 is 5.32 Å². The number of hydrogen-bond acceptors (Lipinski definition) is 3. The molecule has 0 radical (unpaired) electrons. The summed E-state index contributed by atoms with van der Waals surface area (Å²) >= 11 is 0. The van der Waals surface area contributed by atoms with Gasteiger partial charge in [0.15, 0.2) is 0 Å². The van der Waals surface area contributed by atoms with Crippen molar-refractivity contribution >= 4 is 0 Å². The minimum Gasteiger partial charge on any atom is -0.498 e. The molecule has 2 aliphatic heterocycles. The Bertz CT molecular complexity index is 685. The summed E-state index contributed by atoms with van der Waals surface area (Å²) in [7, 11) is 0. The van der Waals surface area contributed by atoms with Gasteiger partial charge in [0.1, 0.15) is 0 Å². The van der Waals surface area contributed by atoms with Crippen molar-refractivity contribution in [3.05, 3.63) is 47.2 Å². The first-order valence-electron chi connectivity index (χ1n) is 10.5. The summed E-state index contributed by atoms with van der Waals surface area (Å²) in [4.78, 5) is 0. The maximum atomic E-state index is 6.59. The van der Waals surface area contributed by atoms with Crippen LogP contribution in [0, 0.1) is 17.8 Å². The summed E-state index contributed by atoms with van der Waals surface area (Å²) in [6.45, 7) is 5.19. The molecule has 5 atom stereocenters. The van der Waals surface area contributed by atoms with Gasteiger partial charge in [0, 0.05) is 12.0 Å². The maximum absolute atomic E-state index is 6.59. The molecule has 1 aromatic rings. The molecule has 140 valence electrons. The van der Waals surface area contributed by atoms with Gasteiger partial charge in [0.25, 0.3) is 0 Å². The van der Waals surface area contributed by atoms with Crippen molar-refractivity contribution in [2.24, 2.45) is 17.8 Å². The quantitative estimate of drug-likeness (QED) is 0.872. The summed E-state index contributed by atoms with van der Waals surface area (Å²) in [6.07, 6.45) is 7.69. The number of benzene rings is 1. The Morgan fingerprint density at radius 3 is 3.00 bits per heavy atom. The molecule has 3 heteroatoms. The molecule has 0 amide bonds. The zero-order valence-electron chi connectivity index (χ0n) is 15.9. The second kappa shape index (κ2) is 6.69. The summed E-state index contributed by atoms with van der Waals surface area (Å²) in [5.41, 5.74) is 3.10. The minimum atomic E-state index is 0.197. The van der Waals surface area contributed by atoms with E-state index in [0.717, 1.165) is 26.2 Å². The van der Waals surface area contributed by atoms with Crippen LogP contribution in [0.1, 0.15) is 51.0 Å². The van der Waals surface area contributed by atoms with Crippen LogP contribution in [0.25, 0.3) is 0 Å². The van der Waals surface area contributed by atoms with E-state index in [-0.39, 0.29) is 5.54 Å². The lowest BCUT2D eigenvalue weighted by Gasteiger charge is -2.60. The Morgan fingerprint density at radius 1 is 1.23 bits per heavy atom. The normalized spacial score (nSPS) is 39.0. The van der Waals surface area contributed by atoms with Crippen molar-refractivity contribution < 1.29 is 9.47 Å². The summed E-state index contributed by atoms with van der Waals surface area (Å²) in [5.74, 6) is 3.20. The zero-order chi connectivity index (χ0) is 17.6.